The minimum atomic E-state index is 0.500. The molecule has 0 saturated carbocycles. The molecule has 0 amide bonds. The van der Waals surface area contributed by atoms with E-state index in [2.05, 4.69) is 5.32 Å². The molecule has 0 aliphatic rings. The van der Waals surface area contributed by atoms with Gasteiger partial charge in [-0.1, -0.05) is 40.9 Å². The molecule has 0 aliphatic carbocycles. The predicted octanol–water partition coefficient (Wildman–Crippen LogP) is 5.58. The van der Waals surface area contributed by atoms with Gasteiger partial charge in [0, 0.05) is 27.8 Å². The molecular weight excluding hydrogens is 317 g/mol. The van der Waals surface area contributed by atoms with Gasteiger partial charge >= 0.3 is 0 Å². The number of methoxy groups -OCH3 is 1. The Morgan fingerprint density at radius 1 is 1.05 bits per heavy atom. The van der Waals surface area contributed by atoms with E-state index in [4.69, 9.17) is 39.5 Å². The van der Waals surface area contributed by atoms with Crippen LogP contribution in [0.3, 0.4) is 0 Å². The number of benzene rings is 2. The molecule has 0 heterocycles. The zero-order valence-corrected chi connectivity index (χ0v) is 13.4. The summed E-state index contributed by atoms with van der Waals surface area (Å²) in [7, 11) is 1.59. The molecule has 0 aromatic heterocycles. The first-order valence-corrected chi connectivity index (χ1v) is 7.16. The Bertz CT molecular complexity index is 629. The fourth-order valence-corrected chi connectivity index (χ4v) is 2.73. The quantitative estimate of drug-likeness (QED) is 0.790. The van der Waals surface area contributed by atoms with Crippen LogP contribution in [0.2, 0.25) is 15.1 Å². The zero-order chi connectivity index (χ0) is 14.7. The molecule has 0 aliphatic heterocycles. The maximum atomic E-state index is 6.11. The third-order valence-corrected chi connectivity index (χ3v) is 3.69. The van der Waals surface area contributed by atoms with Crippen LogP contribution in [0.5, 0.6) is 5.75 Å². The molecular formula is C15H14Cl3NO. The molecule has 0 saturated heterocycles. The van der Waals surface area contributed by atoms with Crippen molar-refractivity contribution in [3.63, 3.8) is 0 Å². The molecule has 5 heteroatoms. The van der Waals surface area contributed by atoms with Gasteiger partial charge in [0.25, 0.3) is 0 Å². The summed E-state index contributed by atoms with van der Waals surface area (Å²) in [6, 6.07) is 9.20. The van der Waals surface area contributed by atoms with Crippen molar-refractivity contribution in [1.29, 1.82) is 0 Å². The van der Waals surface area contributed by atoms with Crippen molar-refractivity contribution in [1.82, 2.24) is 0 Å². The lowest BCUT2D eigenvalue weighted by Crippen LogP contribution is -2.03. The van der Waals surface area contributed by atoms with Crippen LogP contribution in [0.25, 0.3) is 0 Å². The number of anilines is 1. The fraction of sp³-hybridized carbons (Fsp3) is 0.200. The van der Waals surface area contributed by atoms with E-state index in [1.54, 1.807) is 13.2 Å². The number of aryl methyl sites for hydroxylation is 1. The summed E-state index contributed by atoms with van der Waals surface area (Å²) in [6.07, 6.45) is 0. The number of rotatable bonds is 4. The van der Waals surface area contributed by atoms with Crippen molar-refractivity contribution in [3.8, 4) is 5.75 Å². The summed E-state index contributed by atoms with van der Waals surface area (Å²) in [5.41, 5.74) is 2.97. The number of nitrogens with one attached hydrogen (secondary N) is 1. The van der Waals surface area contributed by atoms with Gasteiger partial charge in [0.2, 0.25) is 0 Å². The molecule has 2 rings (SSSR count). The maximum Gasteiger partial charge on any atom is 0.142 e. The standard InChI is InChI=1S/C15H14Cl3NO/c1-9-3-4-11(16)7-14(9)19-8-10-5-12(17)6-13(18)15(10)20-2/h3-7,19H,8H2,1-2H3. The molecule has 2 aromatic rings. The smallest absolute Gasteiger partial charge is 0.142 e. The Labute approximate surface area is 133 Å². The molecule has 0 bridgehead atoms. The predicted molar refractivity (Wildman–Crippen MR) is 86.5 cm³/mol. The van der Waals surface area contributed by atoms with Crippen molar-refractivity contribution in [2.45, 2.75) is 13.5 Å². The first-order chi connectivity index (χ1) is 9.51. The van der Waals surface area contributed by atoms with Gasteiger partial charge in [-0.15, -0.1) is 0 Å². The van der Waals surface area contributed by atoms with Crippen LogP contribution in [0.1, 0.15) is 11.1 Å². The Kier molecular flexibility index (Phi) is 5.03. The van der Waals surface area contributed by atoms with Crippen LogP contribution in [0.15, 0.2) is 30.3 Å². The van der Waals surface area contributed by atoms with Gasteiger partial charge in [-0.2, -0.15) is 0 Å². The van der Waals surface area contributed by atoms with Gasteiger partial charge < -0.3 is 10.1 Å². The van der Waals surface area contributed by atoms with Crippen LogP contribution in [-0.2, 0) is 6.54 Å². The van der Waals surface area contributed by atoms with E-state index in [9.17, 15) is 0 Å². The lowest BCUT2D eigenvalue weighted by atomic mass is 10.1. The topological polar surface area (TPSA) is 21.3 Å². The Hall–Kier alpha value is -1.09. The Morgan fingerprint density at radius 3 is 2.50 bits per heavy atom. The van der Waals surface area contributed by atoms with Crippen LogP contribution in [-0.4, -0.2) is 7.11 Å². The third kappa shape index (κ3) is 3.51. The van der Waals surface area contributed by atoms with Crippen LogP contribution in [0.4, 0.5) is 5.69 Å². The average molecular weight is 331 g/mol. The Balaban J connectivity index is 2.24. The van der Waals surface area contributed by atoms with Crippen molar-refractivity contribution in [2.75, 3.05) is 12.4 Å². The van der Waals surface area contributed by atoms with Crippen molar-refractivity contribution >= 4 is 40.5 Å². The molecule has 0 radical (unpaired) electrons. The highest BCUT2D eigenvalue weighted by molar-refractivity contribution is 6.35. The van der Waals surface area contributed by atoms with Crippen molar-refractivity contribution in [3.05, 3.63) is 56.5 Å². The van der Waals surface area contributed by atoms with Crippen LogP contribution >= 0.6 is 34.8 Å². The first-order valence-electron chi connectivity index (χ1n) is 6.03. The lowest BCUT2D eigenvalue weighted by molar-refractivity contribution is 0.410. The van der Waals surface area contributed by atoms with Gasteiger partial charge in [0.1, 0.15) is 5.75 Å². The summed E-state index contributed by atoms with van der Waals surface area (Å²) in [4.78, 5) is 0. The largest absolute Gasteiger partial charge is 0.495 e. The van der Waals surface area contributed by atoms with E-state index in [0.717, 1.165) is 16.8 Å². The summed E-state index contributed by atoms with van der Waals surface area (Å²) < 4.78 is 5.32. The second-order valence-corrected chi connectivity index (χ2v) is 5.67. The molecule has 2 aromatic carbocycles. The van der Waals surface area contributed by atoms with E-state index < -0.39 is 0 Å². The third-order valence-electron chi connectivity index (χ3n) is 2.96. The summed E-state index contributed by atoms with van der Waals surface area (Å²) in [5.74, 6) is 0.628. The molecule has 2 nitrogen and oxygen atoms in total. The maximum absolute atomic E-state index is 6.11. The lowest BCUT2D eigenvalue weighted by Gasteiger charge is -2.14. The monoisotopic (exact) mass is 329 g/mol. The number of hydrogen-bond acceptors (Lipinski definition) is 2. The van der Waals surface area contributed by atoms with E-state index in [-0.39, 0.29) is 0 Å². The SMILES string of the molecule is COc1c(Cl)cc(Cl)cc1CNc1cc(Cl)ccc1C. The summed E-state index contributed by atoms with van der Waals surface area (Å²) in [5, 5.41) is 5.09. The molecule has 0 unspecified atom stereocenters. The molecule has 106 valence electrons. The van der Waals surface area contributed by atoms with Gasteiger partial charge in [-0.25, -0.2) is 0 Å². The highest BCUT2D eigenvalue weighted by Crippen LogP contribution is 2.33. The molecule has 1 N–H and O–H groups in total. The Morgan fingerprint density at radius 2 is 1.80 bits per heavy atom. The zero-order valence-electron chi connectivity index (χ0n) is 11.1. The minimum absolute atomic E-state index is 0.500. The van der Waals surface area contributed by atoms with E-state index in [1.165, 1.54) is 0 Å². The van der Waals surface area contributed by atoms with Crippen LogP contribution < -0.4 is 10.1 Å². The highest BCUT2D eigenvalue weighted by atomic mass is 35.5. The second kappa shape index (κ2) is 6.57. The average Bonchev–Trinajstić information content (AvgIpc) is 2.39. The normalized spacial score (nSPS) is 10.4. The van der Waals surface area contributed by atoms with Crippen molar-refractivity contribution in [2.24, 2.45) is 0 Å². The molecule has 0 spiro atoms. The van der Waals surface area contributed by atoms with Gasteiger partial charge in [0.15, 0.2) is 0 Å². The number of halogens is 3. The van der Waals surface area contributed by atoms with Gasteiger partial charge in [0.05, 0.1) is 12.1 Å². The van der Waals surface area contributed by atoms with Gasteiger partial charge in [-0.3, -0.25) is 0 Å². The highest BCUT2D eigenvalue weighted by Gasteiger charge is 2.10. The van der Waals surface area contributed by atoms with E-state index in [1.807, 2.05) is 31.2 Å². The van der Waals surface area contributed by atoms with Crippen molar-refractivity contribution < 1.29 is 4.74 Å². The summed E-state index contributed by atoms with van der Waals surface area (Å²) >= 11 is 18.1. The number of ether oxygens (including phenoxy) is 1. The molecule has 0 fully saturated rings. The second-order valence-electron chi connectivity index (χ2n) is 4.39. The molecule has 0 atom stereocenters. The number of hydrogen-bond donors (Lipinski definition) is 1. The van der Waals surface area contributed by atoms with Gasteiger partial charge in [-0.05, 0) is 36.8 Å². The van der Waals surface area contributed by atoms with Crippen LogP contribution in [0, 0.1) is 6.92 Å². The minimum Gasteiger partial charge on any atom is -0.495 e. The van der Waals surface area contributed by atoms with E-state index >= 15 is 0 Å². The first kappa shape index (κ1) is 15.3. The fourth-order valence-electron chi connectivity index (χ4n) is 1.95. The molecule has 20 heavy (non-hydrogen) atoms. The van der Waals surface area contributed by atoms with E-state index in [0.29, 0.717) is 27.4 Å². The summed E-state index contributed by atoms with van der Waals surface area (Å²) in [6.45, 7) is 2.56.